The van der Waals surface area contributed by atoms with E-state index in [1.807, 2.05) is 6.08 Å². The fourth-order valence-electron chi connectivity index (χ4n) is 2.77. The summed E-state index contributed by atoms with van der Waals surface area (Å²) < 4.78 is 0. The van der Waals surface area contributed by atoms with Gasteiger partial charge in [-0.25, -0.2) is 0 Å². The highest BCUT2D eigenvalue weighted by molar-refractivity contribution is 5.23. The zero-order chi connectivity index (χ0) is 16.4. The molecule has 0 radical (unpaired) electrons. The molecule has 0 bridgehead atoms. The first-order valence-electron chi connectivity index (χ1n) is 8.42. The van der Waals surface area contributed by atoms with Gasteiger partial charge in [0.05, 0.1) is 0 Å². The topological polar surface area (TPSA) is 44.5 Å². The molecule has 0 spiro atoms. The molecular formula is C18H34N4. The number of hydrogen-bond acceptors (Lipinski definition) is 4. The Morgan fingerprint density at radius 1 is 1.41 bits per heavy atom. The third-order valence-electron chi connectivity index (χ3n) is 4.18. The van der Waals surface area contributed by atoms with Crippen LogP contribution in [0, 0.1) is 5.92 Å². The SMILES string of the molecule is C=C/C=C(\C=C/C(C)C)CCCN1CCN(C)C(CNN)C1. The molecule has 1 aliphatic rings. The second kappa shape index (κ2) is 10.7. The maximum Gasteiger partial charge on any atom is 0.0359 e. The third kappa shape index (κ3) is 7.36. The fourth-order valence-corrected chi connectivity index (χ4v) is 2.77. The Bertz CT molecular complexity index is 373. The monoisotopic (exact) mass is 306 g/mol. The number of rotatable bonds is 9. The van der Waals surface area contributed by atoms with Crippen molar-refractivity contribution in [3.8, 4) is 0 Å². The summed E-state index contributed by atoms with van der Waals surface area (Å²) in [6.45, 7) is 13.6. The number of nitrogens with one attached hydrogen (secondary N) is 1. The molecule has 1 fully saturated rings. The lowest BCUT2D eigenvalue weighted by molar-refractivity contribution is 0.0942. The van der Waals surface area contributed by atoms with Crippen LogP contribution in [0.2, 0.25) is 0 Å². The standard InChI is InChI=1S/C18H34N4/c1-5-7-17(10-9-16(2)3)8-6-11-22-13-12-21(4)18(15-22)14-20-19/h5,7,9-10,16,18,20H,1,6,8,11-15,19H2,2-4H3/b10-9-,17-7-. The summed E-state index contributed by atoms with van der Waals surface area (Å²) in [6, 6.07) is 0.516. The summed E-state index contributed by atoms with van der Waals surface area (Å²) in [5.41, 5.74) is 4.18. The van der Waals surface area contributed by atoms with E-state index in [-0.39, 0.29) is 0 Å². The number of allylic oxidation sites excluding steroid dienone is 5. The smallest absolute Gasteiger partial charge is 0.0359 e. The van der Waals surface area contributed by atoms with Crippen LogP contribution in [-0.4, -0.2) is 55.6 Å². The lowest BCUT2D eigenvalue weighted by atomic mass is 10.1. The van der Waals surface area contributed by atoms with Crippen molar-refractivity contribution in [2.75, 3.05) is 39.8 Å². The summed E-state index contributed by atoms with van der Waals surface area (Å²) in [6.07, 6.45) is 10.8. The molecule has 1 saturated heterocycles. The van der Waals surface area contributed by atoms with Crippen LogP contribution in [0.3, 0.4) is 0 Å². The Kier molecular flexibility index (Phi) is 9.32. The molecule has 4 heteroatoms. The van der Waals surface area contributed by atoms with Gasteiger partial charge >= 0.3 is 0 Å². The lowest BCUT2D eigenvalue weighted by Gasteiger charge is -2.39. The largest absolute Gasteiger partial charge is 0.300 e. The van der Waals surface area contributed by atoms with Crippen molar-refractivity contribution in [1.29, 1.82) is 0 Å². The third-order valence-corrected chi connectivity index (χ3v) is 4.18. The molecule has 22 heavy (non-hydrogen) atoms. The lowest BCUT2D eigenvalue weighted by Crippen LogP contribution is -2.55. The van der Waals surface area contributed by atoms with E-state index in [0.29, 0.717) is 12.0 Å². The Hall–Kier alpha value is -0.940. The van der Waals surface area contributed by atoms with E-state index in [4.69, 9.17) is 5.84 Å². The average molecular weight is 306 g/mol. The van der Waals surface area contributed by atoms with Crippen LogP contribution >= 0.6 is 0 Å². The average Bonchev–Trinajstić information content (AvgIpc) is 2.48. The highest BCUT2D eigenvalue weighted by Gasteiger charge is 2.23. The number of nitrogens with zero attached hydrogens (tertiary/aromatic N) is 2. The van der Waals surface area contributed by atoms with Gasteiger partial charge in [0.2, 0.25) is 0 Å². The second-order valence-electron chi connectivity index (χ2n) is 6.53. The second-order valence-corrected chi connectivity index (χ2v) is 6.53. The van der Waals surface area contributed by atoms with E-state index >= 15 is 0 Å². The van der Waals surface area contributed by atoms with Crippen molar-refractivity contribution in [3.63, 3.8) is 0 Å². The van der Waals surface area contributed by atoms with Gasteiger partial charge in [0.15, 0.2) is 0 Å². The fraction of sp³-hybridized carbons (Fsp3) is 0.667. The molecule has 0 aromatic rings. The first kappa shape index (κ1) is 19.1. The van der Waals surface area contributed by atoms with Gasteiger partial charge in [-0.3, -0.25) is 16.2 Å². The normalized spacial score (nSPS) is 21.9. The van der Waals surface area contributed by atoms with Crippen molar-refractivity contribution in [2.24, 2.45) is 11.8 Å². The highest BCUT2D eigenvalue weighted by Crippen LogP contribution is 2.12. The number of likely N-dealkylation sites (N-methyl/N-ethyl adjacent to an activating group) is 1. The molecule has 1 aliphatic heterocycles. The van der Waals surface area contributed by atoms with Crippen LogP contribution in [0.4, 0.5) is 0 Å². The first-order valence-corrected chi connectivity index (χ1v) is 8.42. The molecule has 4 nitrogen and oxygen atoms in total. The molecule has 1 heterocycles. The molecule has 3 N–H and O–H groups in total. The van der Waals surface area contributed by atoms with Crippen molar-refractivity contribution in [3.05, 3.63) is 36.5 Å². The van der Waals surface area contributed by atoms with Crippen molar-refractivity contribution >= 4 is 0 Å². The summed E-state index contributed by atoms with van der Waals surface area (Å²) in [7, 11) is 2.18. The molecule has 1 atom stereocenters. The van der Waals surface area contributed by atoms with Gasteiger partial charge in [-0.05, 0) is 37.9 Å². The van der Waals surface area contributed by atoms with Crippen LogP contribution in [0.25, 0.3) is 0 Å². The molecule has 126 valence electrons. The summed E-state index contributed by atoms with van der Waals surface area (Å²) >= 11 is 0. The predicted octanol–water partition coefficient (Wildman–Crippen LogP) is 2.17. The van der Waals surface area contributed by atoms with Crippen molar-refractivity contribution < 1.29 is 0 Å². The van der Waals surface area contributed by atoms with E-state index in [1.54, 1.807) is 0 Å². The van der Waals surface area contributed by atoms with E-state index in [9.17, 15) is 0 Å². The molecule has 0 aromatic heterocycles. The van der Waals surface area contributed by atoms with Gasteiger partial charge in [0.25, 0.3) is 0 Å². The Morgan fingerprint density at radius 2 is 2.18 bits per heavy atom. The van der Waals surface area contributed by atoms with E-state index in [2.05, 4.69) is 60.9 Å². The minimum absolute atomic E-state index is 0.516. The zero-order valence-electron chi connectivity index (χ0n) is 14.6. The van der Waals surface area contributed by atoms with Gasteiger partial charge in [-0.2, -0.15) is 0 Å². The highest BCUT2D eigenvalue weighted by atomic mass is 15.3. The van der Waals surface area contributed by atoms with Crippen LogP contribution in [0.15, 0.2) is 36.5 Å². The van der Waals surface area contributed by atoms with Crippen LogP contribution < -0.4 is 11.3 Å². The van der Waals surface area contributed by atoms with Crippen molar-refractivity contribution in [2.45, 2.75) is 32.7 Å². The van der Waals surface area contributed by atoms with Gasteiger partial charge in [0.1, 0.15) is 0 Å². The van der Waals surface area contributed by atoms with Crippen LogP contribution in [0.5, 0.6) is 0 Å². The quantitative estimate of drug-likeness (QED) is 0.389. The molecule has 1 unspecified atom stereocenters. The van der Waals surface area contributed by atoms with E-state index in [0.717, 1.165) is 39.1 Å². The molecule has 0 amide bonds. The molecule has 0 aliphatic carbocycles. The van der Waals surface area contributed by atoms with Gasteiger partial charge < -0.3 is 4.90 Å². The first-order chi connectivity index (χ1) is 10.6. The molecule has 1 rings (SSSR count). The summed E-state index contributed by atoms with van der Waals surface area (Å²) in [5, 5.41) is 0. The minimum Gasteiger partial charge on any atom is -0.300 e. The van der Waals surface area contributed by atoms with Crippen LogP contribution in [0.1, 0.15) is 26.7 Å². The maximum absolute atomic E-state index is 5.48. The van der Waals surface area contributed by atoms with E-state index in [1.165, 1.54) is 12.0 Å². The zero-order valence-corrected chi connectivity index (χ0v) is 14.6. The number of hydrogen-bond donors (Lipinski definition) is 2. The van der Waals surface area contributed by atoms with Gasteiger partial charge in [-0.15, -0.1) is 0 Å². The van der Waals surface area contributed by atoms with E-state index < -0.39 is 0 Å². The Morgan fingerprint density at radius 3 is 2.82 bits per heavy atom. The number of nitrogens with two attached hydrogens (primary N) is 1. The predicted molar refractivity (Wildman–Crippen MR) is 96.5 cm³/mol. The van der Waals surface area contributed by atoms with Crippen LogP contribution in [-0.2, 0) is 0 Å². The molecule has 0 saturated carbocycles. The van der Waals surface area contributed by atoms with Gasteiger partial charge in [-0.1, -0.05) is 44.7 Å². The summed E-state index contributed by atoms with van der Waals surface area (Å²) in [5.74, 6) is 6.07. The minimum atomic E-state index is 0.516. The Balaban J connectivity index is 2.38. The van der Waals surface area contributed by atoms with Gasteiger partial charge in [0, 0.05) is 32.2 Å². The molecule has 0 aromatic carbocycles. The summed E-state index contributed by atoms with van der Waals surface area (Å²) in [4.78, 5) is 4.95. The number of piperazine rings is 1. The Labute approximate surface area is 136 Å². The number of hydrazine groups is 1. The molecular weight excluding hydrogens is 272 g/mol. The maximum atomic E-state index is 5.48. The van der Waals surface area contributed by atoms with Crippen molar-refractivity contribution in [1.82, 2.24) is 15.2 Å².